The van der Waals surface area contributed by atoms with Crippen LogP contribution in [0.3, 0.4) is 0 Å². The molecule has 0 saturated heterocycles. The van der Waals surface area contributed by atoms with Crippen molar-refractivity contribution in [3.63, 3.8) is 0 Å². The highest BCUT2D eigenvalue weighted by atomic mass is 14.6. The Balaban J connectivity index is 2.38. The summed E-state index contributed by atoms with van der Waals surface area (Å²) in [6, 6.07) is 6.67. The zero-order chi connectivity index (χ0) is 9.26. The van der Waals surface area contributed by atoms with Crippen molar-refractivity contribution in [1.29, 1.82) is 0 Å². The number of rotatable bonds is 2. The Morgan fingerprint density at radius 3 is 3.00 bits per heavy atom. The van der Waals surface area contributed by atoms with Gasteiger partial charge in [-0.25, -0.2) is 0 Å². The summed E-state index contributed by atoms with van der Waals surface area (Å²) in [6.07, 6.45) is 3.21. The normalized spacial score (nSPS) is 20.3. The predicted octanol–water partition coefficient (Wildman–Crippen LogP) is 1.13. The van der Waals surface area contributed by atoms with E-state index >= 15 is 0 Å². The van der Waals surface area contributed by atoms with Gasteiger partial charge in [-0.05, 0) is 42.5 Å². The SMILES string of the molecule is NCCc1cccc2c1CCC2N. The number of hydrogen-bond donors (Lipinski definition) is 2. The monoisotopic (exact) mass is 176 g/mol. The van der Waals surface area contributed by atoms with Gasteiger partial charge in [-0.15, -0.1) is 0 Å². The smallest absolute Gasteiger partial charge is 0.0300 e. The lowest BCUT2D eigenvalue weighted by molar-refractivity contribution is 0.713. The highest BCUT2D eigenvalue weighted by Gasteiger charge is 2.20. The molecule has 1 aliphatic carbocycles. The zero-order valence-electron chi connectivity index (χ0n) is 7.79. The molecule has 1 atom stereocenters. The molecule has 1 unspecified atom stereocenters. The number of nitrogens with two attached hydrogens (primary N) is 2. The summed E-state index contributed by atoms with van der Waals surface area (Å²) < 4.78 is 0. The van der Waals surface area contributed by atoms with Crippen molar-refractivity contribution in [2.45, 2.75) is 25.3 Å². The molecule has 0 bridgehead atoms. The van der Waals surface area contributed by atoms with Crippen molar-refractivity contribution >= 4 is 0 Å². The molecule has 1 aromatic carbocycles. The Kier molecular flexibility index (Phi) is 2.34. The largest absolute Gasteiger partial charge is 0.330 e. The van der Waals surface area contributed by atoms with Crippen LogP contribution in [0.5, 0.6) is 0 Å². The van der Waals surface area contributed by atoms with Crippen molar-refractivity contribution in [3.05, 3.63) is 34.9 Å². The maximum Gasteiger partial charge on any atom is 0.0300 e. The molecule has 0 radical (unpaired) electrons. The minimum absolute atomic E-state index is 0.257. The van der Waals surface area contributed by atoms with Crippen molar-refractivity contribution in [1.82, 2.24) is 0 Å². The van der Waals surface area contributed by atoms with Crippen LogP contribution in [0, 0.1) is 0 Å². The molecule has 2 rings (SSSR count). The van der Waals surface area contributed by atoms with Crippen molar-refractivity contribution in [3.8, 4) is 0 Å². The molecular formula is C11H16N2. The summed E-state index contributed by atoms with van der Waals surface area (Å²) in [5.41, 5.74) is 15.7. The lowest BCUT2D eigenvalue weighted by Crippen LogP contribution is -2.07. The van der Waals surface area contributed by atoms with Gasteiger partial charge in [0.15, 0.2) is 0 Å². The fourth-order valence-electron chi connectivity index (χ4n) is 2.15. The Hall–Kier alpha value is -0.860. The van der Waals surface area contributed by atoms with Gasteiger partial charge < -0.3 is 11.5 Å². The third-order valence-electron chi connectivity index (χ3n) is 2.83. The zero-order valence-corrected chi connectivity index (χ0v) is 7.79. The first-order chi connectivity index (χ1) is 6.33. The molecule has 1 aliphatic rings. The average Bonchev–Trinajstić information content (AvgIpc) is 2.50. The van der Waals surface area contributed by atoms with Gasteiger partial charge in [-0.3, -0.25) is 0 Å². The second kappa shape index (κ2) is 3.48. The first-order valence-corrected chi connectivity index (χ1v) is 4.89. The van der Waals surface area contributed by atoms with E-state index in [-0.39, 0.29) is 6.04 Å². The maximum absolute atomic E-state index is 5.98. The molecule has 2 heteroatoms. The second-order valence-corrected chi connectivity index (χ2v) is 3.67. The number of fused-ring (bicyclic) bond motifs is 1. The van der Waals surface area contributed by atoms with Crippen LogP contribution in [0.15, 0.2) is 18.2 Å². The van der Waals surface area contributed by atoms with Crippen LogP contribution >= 0.6 is 0 Å². The van der Waals surface area contributed by atoms with Crippen LogP contribution in [0.2, 0.25) is 0 Å². The number of hydrogen-bond acceptors (Lipinski definition) is 2. The van der Waals surface area contributed by atoms with Gasteiger partial charge in [0.2, 0.25) is 0 Å². The fourth-order valence-corrected chi connectivity index (χ4v) is 2.15. The molecule has 70 valence electrons. The third kappa shape index (κ3) is 1.47. The molecule has 1 aromatic rings. The van der Waals surface area contributed by atoms with Crippen molar-refractivity contribution in [2.75, 3.05) is 6.54 Å². The summed E-state index contributed by atoms with van der Waals surface area (Å²) in [5.74, 6) is 0. The standard InChI is InChI=1S/C11H16N2/c12-7-6-8-2-1-3-10-9(8)4-5-11(10)13/h1-3,11H,4-7,12-13H2. The molecule has 0 aliphatic heterocycles. The first-order valence-electron chi connectivity index (χ1n) is 4.89. The third-order valence-corrected chi connectivity index (χ3v) is 2.83. The van der Waals surface area contributed by atoms with E-state index in [1.54, 1.807) is 0 Å². The Labute approximate surface area is 78.9 Å². The summed E-state index contributed by atoms with van der Waals surface area (Å²) in [5, 5.41) is 0. The molecule has 0 heterocycles. The molecular weight excluding hydrogens is 160 g/mol. The molecule has 4 N–H and O–H groups in total. The van der Waals surface area contributed by atoms with Gasteiger partial charge in [-0.2, -0.15) is 0 Å². The average molecular weight is 176 g/mol. The first kappa shape index (κ1) is 8.73. The second-order valence-electron chi connectivity index (χ2n) is 3.67. The summed E-state index contributed by atoms with van der Waals surface area (Å²) in [4.78, 5) is 0. The fraction of sp³-hybridized carbons (Fsp3) is 0.455. The molecule has 0 fully saturated rings. The van der Waals surface area contributed by atoms with E-state index in [4.69, 9.17) is 11.5 Å². The lowest BCUT2D eigenvalue weighted by atomic mass is 10.0. The van der Waals surface area contributed by atoms with E-state index in [1.165, 1.54) is 16.7 Å². The van der Waals surface area contributed by atoms with E-state index in [9.17, 15) is 0 Å². The molecule has 0 spiro atoms. The topological polar surface area (TPSA) is 52.0 Å². The van der Waals surface area contributed by atoms with Crippen LogP contribution in [0.4, 0.5) is 0 Å². The van der Waals surface area contributed by atoms with Gasteiger partial charge in [-0.1, -0.05) is 18.2 Å². The molecule has 0 amide bonds. The van der Waals surface area contributed by atoms with Crippen molar-refractivity contribution in [2.24, 2.45) is 11.5 Å². The Morgan fingerprint density at radius 1 is 1.38 bits per heavy atom. The Morgan fingerprint density at radius 2 is 2.23 bits per heavy atom. The molecule has 2 nitrogen and oxygen atoms in total. The van der Waals surface area contributed by atoms with Crippen LogP contribution in [-0.2, 0) is 12.8 Å². The minimum Gasteiger partial charge on any atom is -0.330 e. The van der Waals surface area contributed by atoms with Crippen LogP contribution in [0.25, 0.3) is 0 Å². The van der Waals surface area contributed by atoms with E-state index < -0.39 is 0 Å². The van der Waals surface area contributed by atoms with E-state index in [1.807, 2.05) is 0 Å². The lowest BCUT2D eigenvalue weighted by Gasteiger charge is -2.08. The van der Waals surface area contributed by atoms with Gasteiger partial charge >= 0.3 is 0 Å². The van der Waals surface area contributed by atoms with E-state index in [0.717, 1.165) is 25.8 Å². The summed E-state index contributed by atoms with van der Waals surface area (Å²) in [7, 11) is 0. The highest BCUT2D eigenvalue weighted by molar-refractivity contribution is 5.40. The summed E-state index contributed by atoms with van der Waals surface area (Å²) in [6.45, 7) is 0.728. The minimum atomic E-state index is 0.257. The van der Waals surface area contributed by atoms with E-state index in [0.29, 0.717) is 0 Å². The highest BCUT2D eigenvalue weighted by Crippen LogP contribution is 2.31. The van der Waals surface area contributed by atoms with Crippen LogP contribution in [0.1, 0.15) is 29.2 Å². The quantitative estimate of drug-likeness (QED) is 0.709. The molecule has 0 aromatic heterocycles. The predicted molar refractivity (Wildman–Crippen MR) is 54.4 cm³/mol. The van der Waals surface area contributed by atoms with Gasteiger partial charge in [0.1, 0.15) is 0 Å². The maximum atomic E-state index is 5.98. The van der Waals surface area contributed by atoms with E-state index in [2.05, 4.69) is 18.2 Å². The molecule has 13 heavy (non-hydrogen) atoms. The van der Waals surface area contributed by atoms with Crippen molar-refractivity contribution < 1.29 is 0 Å². The van der Waals surface area contributed by atoms with Crippen LogP contribution in [-0.4, -0.2) is 6.54 Å². The van der Waals surface area contributed by atoms with Gasteiger partial charge in [0.25, 0.3) is 0 Å². The Bertz CT molecular complexity index is 307. The van der Waals surface area contributed by atoms with Gasteiger partial charge in [0, 0.05) is 6.04 Å². The number of benzene rings is 1. The van der Waals surface area contributed by atoms with Crippen LogP contribution < -0.4 is 11.5 Å². The van der Waals surface area contributed by atoms with Gasteiger partial charge in [0.05, 0.1) is 0 Å². The molecule has 0 saturated carbocycles. The summed E-state index contributed by atoms with van der Waals surface area (Å²) >= 11 is 0.